The van der Waals surface area contributed by atoms with Crippen molar-refractivity contribution in [2.24, 2.45) is 16.0 Å². The number of azo groups is 1. The second-order valence-electron chi connectivity index (χ2n) is 7.11. The fourth-order valence-corrected chi connectivity index (χ4v) is 3.93. The zero-order valence-corrected chi connectivity index (χ0v) is 19.0. The van der Waals surface area contributed by atoms with Crippen molar-refractivity contribution in [3.63, 3.8) is 0 Å². The molecule has 0 aromatic heterocycles. The highest BCUT2D eigenvalue weighted by atomic mass is 32.1. The largest absolute Gasteiger partial charge is 0.493 e. The molecule has 168 valence electrons. The number of hydrogen-bond donors (Lipinski definition) is 2. The molecule has 1 atom stereocenters. The fraction of sp³-hybridized carbons (Fsp3) is 0.318. The van der Waals surface area contributed by atoms with E-state index in [0.29, 0.717) is 41.2 Å². The van der Waals surface area contributed by atoms with Crippen molar-refractivity contribution in [3.8, 4) is 28.4 Å². The molecule has 0 bridgehead atoms. The van der Waals surface area contributed by atoms with Crippen LogP contribution in [0.25, 0.3) is 11.1 Å². The topological polar surface area (TPSA) is 125 Å². The van der Waals surface area contributed by atoms with Gasteiger partial charge in [0.2, 0.25) is 22.2 Å². The summed E-state index contributed by atoms with van der Waals surface area (Å²) in [6.07, 6.45) is 1.17. The highest BCUT2D eigenvalue weighted by Gasteiger charge is 2.29. The SMILES string of the molecule is COc1cc2c(c(OC)c1OC)-c1ccc(N=NC(N)=S)c(=O)cc1[C@@H](NC(C)=O)CC2. The Morgan fingerprint density at radius 1 is 1.16 bits per heavy atom. The maximum absolute atomic E-state index is 12.9. The first-order valence-corrected chi connectivity index (χ1v) is 10.2. The van der Waals surface area contributed by atoms with Gasteiger partial charge in [0.1, 0.15) is 5.69 Å². The summed E-state index contributed by atoms with van der Waals surface area (Å²) in [4.78, 5) is 24.8. The van der Waals surface area contributed by atoms with Crippen LogP contribution in [-0.2, 0) is 11.2 Å². The Labute approximate surface area is 190 Å². The summed E-state index contributed by atoms with van der Waals surface area (Å²) in [5.41, 5.74) is 8.07. The molecule has 0 saturated carbocycles. The van der Waals surface area contributed by atoms with E-state index < -0.39 is 6.04 Å². The van der Waals surface area contributed by atoms with E-state index in [-0.39, 0.29) is 22.1 Å². The van der Waals surface area contributed by atoms with Crippen molar-refractivity contribution in [3.05, 3.63) is 45.6 Å². The van der Waals surface area contributed by atoms with Crippen molar-refractivity contribution in [1.29, 1.82) is 0 Å². The summed E-state index contributed by atoms with van der Waals surface area (Å²) in [7, 11) is 4.62. The number of carbonyl (C=O) groups is 1. The molecule has 0 aliphatic heterocycles. The Bertz CT molecular complexity index is 1170. The van der Waals surface area contributed by atoms with Gasteiger partial charge < -0.3 is 25.3 Å². The molecule has 1 aliphatic carbocycles. The van der Waals surface area contributed by atoms with Gasteiger partial charge in [-0.1, -0.05) is 6.07 Å². The monoisotopic (exact) mass is 456 g/mol. The number of ether oxygens (including phenoxy) is 3. The molecule has 32 heavy (non-hydrogen) atoms. The van der Waals surface area contributed by atoms with E-state index in [1.54, 1.807) is 19.2 Å². The molecule has 10 heteroatoms. The number of nitrogens with one attached hydrogen (secondary N) is 1. The van der Waals surface area contributed by atoms with E-state index in [4.69, 9.17) is 32.2 Å². The van der Waals surface area contributed by atoms with Gasteiger partial charge in [-0.25, -0.2) is 0 Å². The molecule has 1 amide bonds. The first-order valence-electron chi connectivity index (χ1n) is 9.79. The standard InChI is InChI=1S/C22H24N4O5S/c1-11(27)24-15-7-5-12-9-18(29-2)20(30-3)21(31-4)19(12)13-6-8-16(25-26-22(23)32)17(28)10-14(13)15/h6,8-10,15H,5,7H2,1-4H3,(H2,23,32)(H,24,27)/t15-/m0/s1. The summed E-state index contributed by atoms with van der Waals surface area (Å²) in [6, 6.07) is 6.22. The van der Waals surface area contributed by atoms with Crippen LogP contribution in [0.4, 0.5) is 5.69 Å². The number of amides is 1. The lowest BCUT2D eigenvalue weighted by atomic mass is 9.95. The van der Waals surface area contributed by atoms with Crippen molar-refractivity contribution >= 4 is 28.9 Å². The van der Waals surface area contributed by atoms with Crippen molar-refractivity contribution < 1.29 is 19.0 Å². The van der Waals surface area contributed by atoms with Gasteiger partial charge in [0, 0.05) is 12.5 Å². The maximum Gasteiger partial charge on any atom is 0.217 e. The van der Waals surface area contributed by atoms with Gasteiger partial charge in [-0.05, 0) is 59.9 Å². The first kappa shape index (κ1) is 23.1. The number of nitrogens with two attached hydrogens (primary N) is 1. The number of methoxy groups -OCH3 is 3. The lowest BCUT2D eigenvalue weighted by Gasteiger charge is -2.19. The maximum atomic E-state index is 12.9. The van der Waals surface area contributed by atoms with Crippen LogP contribution in [0.1, 0.15) is 30.5 Å². The van der Waals surface area contributed by atoms with Crippen LogP contribution in [-0.4, -0.2) is 32.3 Å². The van der Waals surface area contributed by atoms with Crippen molar-refractivity contribution in [2.45, 2.75) is 25.8 Å². The summed E-state index contributed by atoms with van der Waals surface area (Å²) in [6.45, 7) is 1.44. The van der Waals surface area contributed by atoms with E-state index in [1.807, 2.05) is 6.07 Å². The minimum Gasteiger partial charge on any atom is -0.493 e. The number of rotatable bonds is 5. The summed E-state index contributed by atoms with van der Waals surface area (Å²) in [5, 5.41) is 10.3. The smallest absolute Gasteiger partial charge is 0.217 e. The lowest BCUT2D eigenvalue weighted by Crippen LogP contribution is -2.26. The number of benzene rings is 1. The third-order valence-electron chi connectivity index (χ3n) is 5.15. The molecule has 3 rings (SSSR count). The van der Waals surface area contributed by atoms with Crippen molar-refractivity contribution in [1.82, 2.24) is 5.32 Å². The van der Waals surface area contributed by atoms with Crippen LogP contribution in [0, 0.1) is 0 Å². The molecule has 0 radical (unpaired) electrons. The van der Waals surface area contributed by atoms with Crippen LogP contribution < -0.4 is 30.7 Å². The number of carbonyl (C=O) groups excluding carboxylic acids is 1. The van der Waals surface area contributed by atoms with E-state index >= 15 is 0 Å². The third-order valence-corrected chi connectivity index (χ3v) is 5.23. The van der Waals surface area contributed by atoms with Crippen LogP contribution >= 0.6 is 12.2 Å². The molecule has 3 N–H and O–H groups in total. The first-order chi connectivity index (χ1) is 15.3. The lowest BCUT2D eigenvalue weighted by molar-refractivity contribution is -0.119. The highest BCUT2D eigenvalue weighted by molar-refractivity contribution is 7.80. The third kappa shape index (κ3) is 4.54. The molecular formula is C22H24N4O5S. The van der Waals surface area contributed by atoms with Crippen LogP contribution in [0.15, 0.2) is 39.3 Å². The van der Waals surface area contributed by atoms with E-state index in [1.165, 1.54) is 27.2 Å². The summed E-state index contributed by atoms with van der Waals surface area (Å²) in [5.74, 6) is 1.22. The Hall–Kier alpha value is -3.53. The molecular weight excluding hydrogens is 432 g/mol. The highest BCUT2D eigenvalue weighted by Crippen LogP contribution is 2.50. The predicted octanol–water partition coefficient (Wildman–Crippen LogP) is 3.19. The average molecular weight is 457 g/mol. The van der Waals surface area contributed by atoms with Crippen LogP contribution in [0.5, 0.6) is 17.2 Å². The van der Waals surface area contributed by atoms with Crippen LogP contribution in [0.2, 0.25) is 0 Å². The molecule has 1 aliphatic rings. The molecule has 0 spiro atoms. The number of aryl methyl sites for hydroxylation is 1. The number of fused-ring (bicyclic) bond motifs is 3. The zero-order valence-electron chi connectivity index (χ0n) is 18.2. The van der Waals surface area contributed by atoms with Gasteiger partial charge in [0.25, 0.3) is 0 Å². The molecule has 9 nitrogen and oxygen atoms in total. The molecule has 2 aromatic carbocycles. The Morgan fingerprint density at radius 3 is 2.47 bits per heavy atom. The minimum absolute atomic E-state index is 0.0634. The van der Waals surface area contributed by atoms with Gasteiger partial charge in [0.15, 0.2) is 11.5 Å². The van der Waals surface area contributed by atoms with Crippen molar-refractivity contribution in [2.75, 3.05) is 21.3 Å². The van der Waals surface area contributed by atoms with Gasteiger partial charge in [-0.15, -0.1) is 10.2 Å². The number of nitrogens with zero attached hydrogens (tertiary/aromatic N) is 2. The number of hydrogen-bond acceptors (Lipinski definition) is 7. The fourth-order valence-electron chi connectivity index (χ4n) is 3.89. The van der Waals surface area contributed by atoms with E-state index in [0.717, 1.165) is 11.1 Å². The van der Waals surface area contributed by atoms with Gasteiger partial charge in [-0.3, -0.25) is 9.59 Å². The van der Waals surface area contributed by atoms with Gasteiger partial charge in [0.05, 0.1) is 27.4 Å². The Balaban J connectivity index is 2.39. The molecule has 0 fully saturated rings. The van der Waals surface area contributed by atoms with Crippen LogP contribution in [0.3, 0.4) is 0 Å². The summed E-state index contributed by atoms with van der Waals surface area (Å²) < 4.78 is 16.8. The normalized spacial score (nSPS) is 14.7. The quantitative estimate of drug-likeness (QED) is 0.523. The molecule has 0 saturated heterocycles. The molecule has 0 unspecified atom stereocenters. The van der Waals surface area contributed by atoms with Gasteiger partial charge in [-0.2, -0.15) is 0 Å². The minimum atomic E-state index is -0.405. The van der Waals surface area contributed by atoms with E-state index in [2.05, 4.69) is 15.5 Å². The number of thiocarbonyl (C=S) groups is 1. The molecule has 0 heterocycles. The predicted molar refractivity (Wildman–Crippen MR) is 124 cm³/mol. The zero-order chi connectivity index (χ0) is 23.4. The second-order valence-corrected chi connectivity index (χ2v) is 7.52. The van der Waals surface area contributed by atoms with E-state index in [9.17, 15) is 9.59 Å². The summed E-state index contributed by atoms with van der Waals surface area (Å²) >= 11 is 4.72. The van der Waals surface area contributed by atoms with Gasteiger partial charge >= 0.3 is 0 Å². The molecule has 2 aromatic rings. The Kier molecular flexibility index (Phi) is 7.04. The second kappa shape index (κ2) is 9.73. The average Bonchev–Trinajstić information content (AvgIpc) is 2.99. The Morgan fingerprint density at radius 2 is 1.88 bits per heavy atom.